The second kappa shape index (κ2) is 6.03. The third kappa shape index (κ3) is 4.02. The second-order valence-electron chi connectivity index (χ2n) is 5.52. The highest BCUT2D eigenvalue weighted by Gasteiger charge is 2.39. The smallest absolute Gasteiger partial charge is 0.311 e. The zero-order valence-corrected chi connectivity index (χ0v) is 10.8. The van der Waals surface area contributed by atoms with Crippen molar-refractivity contribution in [2.75, 3.05) is 6.54 Å². The van der Waals surface area contributed by atoms with Crippen molar-refractivity contribution < 1.29 is 14.7 Å². The van der Waals surface area contributed by atoms with Crippen molar-refractivity contribution in [2.45, 2.75) is 52.4 Å². The lowest BCUT2D eigenvalue weighted by Gasteiger charge is -2.33. The highest BCUT2D eigenvalue weighted by atomic mass is 16.4. The van der Waals surface area contributed by atoms with Crippen LogP contribution in [0.1, 0.15) is 52.4 Å². The van der Waals surface area contributed by atoms with Crippen molar-refractivity contribution in [1.82, 2.24) is 5.32 Å². The maximum Gasteiger partial charge on any atom is 0.311 e. The molecule has 0 atom stereocenters. The number of hydrogen-bond acceptors (Lipinski definition) is 2. The van der Waals surface area contributed by atoms with Gasteiger partial charge in [0.25, 0.3) is 0 Å². The van der Waals surface area contributed by atoms with E-state index in [0.29, 0.717) is 25.2 Å². The van der Waals surface area contributed by atoms with Crippen LogP contribution in [0.2, 0.25) is 0 Å². The third-order valence-corrected chi connectivity index (χ3v) is 3.48. The predicted octanol–water partition coefficient (Wildman–Crippen LogP) is 2.18. The molecule has 1 fully saturated rings. The Morgan fingerprint density at radius 3 is 2.29 bits per heavy atom. The monoisotopic (exact) mass is 241 g/mol. The van der Waals surface area contributed by atoms with Crippen molar-refractivity contribution in [3.63, 3.8) is 0 Å². The van der Waals surface area contributed by atoms with Crippen LogP contribution in [0.3, 0.4) is 0 Å². The Hall–Kier alpha value is -1.06. The maximum atomic E-state index is 11.6. The molecule has 0 aromatic rings. The van der Waals surface area contributed by atoms with Gasteiger partial charge in [-0.05, 0) is 18.8 Å². The highest BCUT2D eigenvalue weighted by molar-refractivity contribution is 5.79. The van der Waals surface area contributed by atoms with Gasteiger partial charge in [0, 0.05) is 13.0 Å². The lowest BCUT2D eigenvalue weighted by molar-refractivity contribution is -0.151. The molecule has 0 spiro atoms. The van der Waals surface area contributed by atoms with E-state index in [9.17, 15) is 14.7 Å². The van der Waals surface area contributed by atoms with Crippen LogP contribution >= 0.6 is 0 Å². The molecule has 0 heterocycles. The Balaban J connectivity index is 2.50. The van der Waals surface area contributed by atoms with Gasteiger partial charge in [0.2, 0.25) is 5.91 Å². The molecule has 0 radical (unpaired) electrons. The predicted molar refractivity (Wildman–Crippen MR) is 65.6 cm³/mol. The molecule has 0 aromatic heterocycles. The standard InChI is InChI=1S/C13H23NO3/c1-10(2)8-11(15)14-9-13(12(16)17)6-4-3-5-7-13/h10H,3-9H2,1-2H3,(H,14,15)(H,16,17). The molecule has 1 rings (SSSR count). The van der Waals surface area contributed by atoms with E-state index >= 15 is 0 Å². The van der Waals surface area contributed by atoms with E-state index in [1.165, 1.54) is 0 Å². The minimum absolute atomic E-state index is 0.0359. The van der Waals surface area contributed by atoms with Crippen molar-refractivity contribution in [3.05, 3.63) is 0 Å². The molecule has 0 aliphatic heterocycles. The molecule has 1 aliphatic rings. The number of carbonyl (C=O) groups excluding carboxylic acids is 1. The summed E-state index contributed by atoms with van der Waals surface area (Å²) in [6.45, 7) is 4.24. The Morgan fingerprint density at radius 2 is 1.82 bits per heavy atom. The van der Waals surface area contributed by atoms with Crippen LogP contribution in [0.25, 0.3) is 0 Å². The van der Waals surface area contributed by atoms with E-state index in [2.05, 4.69) is 5.32 Å². The third-order valence-electron chi connectivity index (χ3n) is 3.48. The van der Waals surface area contributed by atoms with Gasteiger partial charge in [0.1, 0.15) is 0 Å². The molecule has 0 unspecified atom stereocenters. The molecule has 1 aliphatic carbocycles. The van der Waals surface area contributed by atoms with Gasteiger partial charge in [-0.15, -0.1) is 0 Å². The summed E-state index contributed by atoms with van der Waals surface area (Å²) >= 11 is 0. The summed E-state index contributed by atoms with van der Waals surface area (Å²) in [5.74, 6) is -0.490. The first-order chi connectivity index (χ1) is 7.96. The number of amides is 1. The number of aliphatic carboxylic acids is 1. The lowest BCUT2D eigenvalue weighted by atomic mass is 9.74. The Labute approximate surface area is 103 Å². The molecule has 98 valence electrons. The molecule has 4 nitrogen and oxygen atoms in total. The summed E-state index contributed by atoms with van der Waals surface area (Å²) in [4.78, 5) is 22.9. The van der Waals surface area contributed by atoms with Crippen LogP contribution in [0, 0.1) is 11.3 Å². The van der Waals surface area contributed by atoms with Crippen LogP contribution in [0.4, 0.5) is 0 Å². The molecule has 1 amide bonds. The molecule has 0 aromatic carbocycles. The summed E-state index contributed by atoms with van der Waals surface area (Å²) < 4.78 is 0. The molecule has 0 bridgehead atoms. The Morgan fingerprint density at radius 1 is 1.24 bits per heavy atom. The summed E-state index contributed by atoms with van der Waals surface area (Å²) in [7, 11) is 0. The topological polar surface area (TPSA) is 66.4 Å². The quantitative estimate of drug-likeness (QED) is 0.775. The van der Waals surface area contributed by atoms with Crippen molar-refractivity contribution >= 4 is 11.9 Å². The summed E-state index contributed by atoms with van der Waals surface area (Å²) in [6, 6.07) is 0. The van der Waals surface area contributed by atoms with Crippen LogP contribution in [0.5, 0.6) is 0 Å². The first kappa shape index (κ1) is 14.0. The first-order valence-electron chi connectivity index (χ1n) is 6.46. The number of carboxylic acid groups (broad SMARTS) is 1. The maximum absolute atomic E-state index is 11.6. The van der Waals surface area contributed by atoms with Gasteiger partial charge in [-0.1, -0.05) is 33.1 Å². The van der Waals surface area contributed by atoms with Gasteiger partial charge in [-0.2, -0.15) is 0 Å². The molecular formula is C13H23NO3. The Bertz CT molecular complexity index is 280. The van der Waals surface area contributed by atoms with Crippen molar-refractivity contribution in [1.29, 1.82) is 0 Å². The molecule has 17 heavy (non-hydrogen) atoms. The van der Waals surface area contributed by atoms with E-state index in [-0.39, 0.29) is 12.5 Å². The van der Waals surface area contributed by atoms with Gasteiger partial charge < -0.3 is 10.4 Å². The van der Waals surface area contributed by atoms with Gasteiger partial charge in [0.15, 0.2) is 0 Å². The minimum Gasteiger partial charge on any atom is -0.481 e. The SMILES string of the molecule is CC(C)CC(=O)NCC1(C(=O)O)CCCCC1. The molecule has 0 saturated heterocycles. The number of carbonyl (C=O) groups is 2. The van der Waals surface area contributed by atoms with Gasteiger partial charge >= 0.3 is 5.97 Å². The molecule has 2 N–H and O–H groups in total. The fraction of sp³-hybridized carbons (Fsp3) is 0.846. The van der Waals surface area contributed by atoms with E-state index in [4.69, 9.17) is 0 Å². The van der Waals surface area contributed by atoms with Crippen LogP contribution < -0.4 is 5.32 Å². The average molecular weight is 241 g/mol. The zero-order chi connectivity index (χ0) is 12.9. The first-order valence-corrected chi connectivity index (χ1v) is 6.46. The van der Waals surface area contributed by atoms with Gasteiger partial charge in [-0.25, -0.2) is 0 Å². The summed E-state index contributed by atoms with van der Waals surface area (Å²) in [5, 5.41) is 12.1. The van der Waals surface area contributed by atoms with Crippen LogP contribution in [0.15, 0.2) is 0 Å². The number of carboxylic acids is 1. The zero-order valence-electron chi connectivity index (χ0n) is 10.8. The molecule has 1 saturated carbocycles. The van der Waals surface area contributed by atoms with Gasteiger partial charge in [0.05, 0.1) is 5.41 Å². The minimum atomic E-state index is -0.762. The number of rotatable bonds is 5. The second-order valence-corrected chi connectivity index (χ2v) is 5.52. The van der Waals surface area contributed by atoms with Crippen molar-refractivity contribution in [3.8, 4) is 0 Å². The largest absolute Gasteiger partial charge is 0.481 e. The number of nitrogens with one attached hydrogen (secondary N) is 1. The molecule has 4 heteroatoms. The van der Waals surface area contributed by atoms with E-state index in [1.54, 1.807) is 0 Å². The fourth-order valence-corrected chi connectivity index (χ4v) is 2.41. The summed E-state index contributed by atoms with van der Waals surface area (Å²) in [5.41, 5.74) is -0.717. The van der Waals surface area contributed by atoms with E-state index < -0.39 is 11.4 Å². The van der Waals surface area contributed by atoms with E-state index in [0.717, 1.165) is 19.3 Å². The summed E-state index contributed by atoms with van der Waals surface area (Å²) in [6.07, 6.45) is 4.85. The molecular weight excluding hydrogens is 218 g/mol. The normalized spacial score (nSPS) is 19.0. The fourth-order valence-electron chi connectivity index (χ4n) is 2.41. The van der Waals surface area contributed by atoms with Crippen molar-refractivity contribution in [2.24, 2.45) is 11.3 Å². The van der Waals surface area contributed by atoms with Crippen LogP contribution in [-0.4, -0.2) is 23.5 Å². The van der Waals surface area contributed by atoms with E-state index in [1.807, 2.05) is 13.8 Å². The Kier molecular flexibility index (Phi) is 4.97. The highest BCUT2D eigenvalue weighted by Crippen LogP contribution is 2.36. The lowest BCUT2D eigenvalue weighted by Crippen LogP contribution is -2.44. The average Bonchev–Trinajstić information content (AvgIpc) is 2.26. The van der Waals surface area contributed by atoms with Gasteiger partial charge in [-0.3, -0.25) is 9.59 Å². The van der Waals surface area contributed by atoms with Crippen LogP contribution in [-0.2, 0) is 9.59 Å². The number of hydrogen-bond donors (Lipinski definition) is 2.